The lowest BCUT2D eigenvalue weighted by atomic mass is 10.4. The topological polar surface area (TPSA) is 87.0 Å². The number of hydrogen-bond acceptors (Lipinski definition) is 5. The number of nitriles is 1. The molecule has 0 saturated carbocycles. The summed E-state index contributed by atoms with van der Waals surface area (Å²) in [5.41, 5.74) is 0. The lowest BCUT2D eigenvalue weighted by Gasteiger charge is -2.05. The Hall–Kier alpha value is -1.23. The Kier molecular flexibility index (Phi) is 4.81. The molecule has 0 spiro atoms. The monoisotopic (exact) mass is 290 g/mol. The molecule has 1 amide bonds. The number of nitrogens with one attached hydrogen (secondary N) is 1. The first kappa shape index (κ1) is 13.8. The van der Waals surface area contributed by atoms with Crippen molar-refractivity contribution in [1.82, 2.24) is 4.72 Å². The molecule has 0 saturated heterocycles. The van der Waals surface area contributed by atoms with E-state index in [1.54, 1.807) is 5.40 Å². The maximum absolute atomic E-state index is 11.6. The largest absolute Gasteiger partial charge is 0.273 e. The van der Waals surface area contributed by atoms with Crippen molar-refractivity contribution in [2.24, 2.45) is 0 Å². The van der Waals surface area contributed by atoms with E-state index in [0.717, 1.165) is 0 Å². The number of halogens is 1. The predicted octanol–water partition coefficient (Wildman–Crippen LogP) is 1.36. The number of hydrogen-bond donors (Lipinski definition) is 1. The van der Waals surface area contributed by atoms with Gasteiger partial charge in [-0.2, -0.15) is 5.26 Å². The normalized spacial score (nSPS) is 10.6. The number of amides is 1. The van der Waals surface area contributed by atoms with Crippen LogP contribution in [0, 0.1) is 10.7 Å². The molecule has 0 radical (unpaired) electrons. The minimum atomic E-state index is -3.89. The van der Waals surface area contributed by atoms with E-state index in [1.165, 1.54) is 24.3 Å². The zero-order chi connectivity index (χ0) is 12.9. The van der Waals surface area contributed by atoms with Crippen LogP contribution in [-0.2, 0) is 14.8 Å². The number of carbonyl (C=O) groups is 1. The van der Waals surface area contributed by atoms with Gasteiger partial charge in [0.15, 0.2) is 0 Å². The van der Waals surface area contributed by atoms with E-state index in [0.29, 0.717) is 16.8 Å². The number of thiocyanates is 1. The first-order valence-corrected chi connectivity index (χ1v) is 7.12. The van der Waals surface area contributed by atoms with E-state index in [9.17, 15) is 13.2 Å². The summed E-state index contributed by atoms with van der Waals surface area (Å²) < 4.78 is 25.1. The second-order valence-electron chi connectivity index (χ2n) is 2.86. The molecule has 0 aliphatic carbocycles. The zero-order valence-electron chi connectivity index (χ0n) is 8.38. The molecule has 1 rings (SSSR count). The van der Waals surface area contributed by atoms with Gasteiger partial charge in [0.2, 0.25) is 5.91 Å². The SMILES string of the molecule is N#CSCC(=O)NS(=O)(=O)c1ccc(Cl)cc1. The number of rotatable bonds is 4. The first-order valence-electron chi connectivity index (χ1n) is 4.28. The summed E-state index contributed by atoms with van der Waals surface area (Å²) in [5, 5.41) is 10.3. The quantitative estimate of drug-likeness (QED) is 0.846. The van der Waals surface area contributed by atoms with Crippen LogP contribution in [0.4, 0.5) is 0 Å². The van der Waals surface area contributed by atoms with Crippen LogP contribution in [0.5, 0.6) is 0 Å². The zero-order valence-corrected chi connectivity index (χ0v) is 10.8. The highest BCUT2D eigenvalue weighted by molar-refractivity contribution is 8.04. The molecule has 1 aromatic rings. The van der Waals surface area contributed by atoms with Gasteiger partial charge in [-0.25, -0.2) is 13.1 Å². The van der Waals surface area contributed by atoms with Crippen molar-refractivity contribution in [3.8, 4) is 5.40 Å². The maximum atomic E-state index is 11.6. The number of carbonyl (C=O) groups excluding carboxylic acids is 1. The fourth-order valence-corrected chi connectivity index (χ4v) is 2.42. The van der Waals surface area contributed by atoms with Gasteiger partial charge in [-0.1, -0.05) is 11.6 Å². The first-order chi connectivity index (χ1) is 7.95. The molecule has 1 N–H and O–H groups in total. The van der Waals surface area contributed by atoms with Gasteiger partial charge in [-0.3, -0.25) is 4.79 Å². The molecule has 90 valence electrons. The van der Waals surface area contributed by atoms with Crippen LogP contribution in [0.3, 0.4) is 0 Å². The van der Waals surface area contributed by atoms with Gasteiger partial charge >= 0.3 is 0 Å². The number of thioether (sulfide) groups is 1. The fraction of sp³-hybridized carbons (Fsp3) is 0.111. The standard InChI is InChI=1S/C9H7ClN2O3S2/c10-7-1-3-8(4-2-7)17(14,15)12-9(13)5-16-6-11/h1-4H,5H2,(H,12,13). The molecule has 0 aliphatic heterocycles. The minimum Gasteiger partial charge on any atom is -0.273 e. The maximum Gasteiger partial charge on any atom is 0.264 e. The average Bonchev–Trinajstić information content (AvgIpc) is 2.26. The minimum absolute atomic E-state index is 0.0581. The van der Waals surface area contributed by atoms with Gasteiger partial charge in [-0.05, 0) is 36.0 Å². The van der Waals surface area contributed by atoms with Crippen molar-refractivity contribution < 1.29 is 13.2 Å². The third-order valence-electron chi connectivity index (χ3n) is 1.64. The molecular weight excluding hydrogens is 284 g/mol. The molecule has 17 heavy (non-hydrogen) atoms. The second kappa shape index (κ2) is 5.91. The third-order valence-corrected chi connectivity index (χ3v) is 3.82. The van der Waals surface area contributed by atoms with Crippen LogP contribution < -0.4 is 4.72 Å². The average molecular weight is 291 g/mol. The molecule has 0 aliphatic rings. The van der Waals surface area contributed by atoms with Crippen molar-refractivity contribution in [3.05, 3.63) is 29.3 Å². The van der Waals surface area contributed by atoms with Crippen LogP contribution in [0.2, 0.25) is 5.02 Å². The van der Waals surface area contributed by atoms with Crippen LogP contribution in [0.25, 0.3) is 0 Å². The molecule has 0 atom stereocenters. The van der Waals surface area contributed by atoms with Gasteiger partial charge < -0.3 is 0 Å². The highest BCUT2D eigenvalue weighted by atomic mass is 35.5. The molecule has 5 nitrogen and oxygen atoms in total. The molecule has 0 unspecified atom stereocenters. The van der Waals surface area contributed by atoms with Crippen LogP contribution >= 0.6 is 23.4 Å². The molecule has 0 aromatic heterocycles. The lowest BCUT2D eigenvalue weighted by Crippen LogP contribution is -2.31. The van der Waals surface area contributed by atoms with Gasteiger partial charge in [0.25, 0.3) is 10.0 Å². The summed E-state index contributed by atoms with van der Waals surface area (Å²) in [6, 6.07) is 5.39. The summed E-state index contributed by atoms with van der Waals surface area (Å²) in [4.78, 5) is 11.1. The van der Waals surface area contributed by atoms with Crippen molar-refractivity contribution in [2.75, 3.05) is 5.75 Å². The number of benzene rings is 1. The van der Waals surface area contributed by atoms with Crippen molar-refractivity contribution in [3.63, 3.8) is 0 Å². The van der Waals surface area contributed by atoms with Crippen molar-refractivity contribution >= 4 is 39.3 Å². The molecule has 0 heterocycles. The molecular formula is C9H7ClN2O3S2. The van der Waals surface area contributed by atoms with Crippen molar-refractivity contribution in [1.29, 1.82) is 5.26 Å². The number of nitrogens with zero attached hydrogens (tertiary/aromatic N) is 1. The highest BCUT2D eigenvalue weighted by Crippen LogP contribution is 2.13. The Labute approximate surface area is 108 Å². The van der Waals surface area contributed by atoms with E-state index < -0.39 is 15.9 Å². The summed E-state index contributed by atoms with van der Waals surface area (Å²) in [6.07, 6.45) is 0. The van der Waals surface area contributed by atoms with Crippen LogP contribution in [-0.4, -0.2) is 20.1 Å². The molecule has 0 fully saturated rings. The Morgan fingerprint density at radius 2 is 2.00 bits per heavy atom. The lowest BCUT2D eigenvalue weighted by molar-refractivity contribution is -0.116. The smallest absolute Gasteiger partial charge is 0.264 e. The van der Waals surface area contributed by atoms with E-state index in [2.05, 4.69) is 0 Å². The second-order valence-corrected chi connectivity index (χ2v) is 5.74. The molecule has 1 aromatic carbocycles. The van der Waals surface area contributed by atoms with Gasteiger partial charge in [0.1, 0.15) is 5.40 Å². The molecule has 0 bridgehead atoms. The Bertz CT molecular complexity index is 549. The predicted molar refractivity (Wildman–Crippen MR) is 64.9 cm³/mol. The van der Waals surface area contributed by atoms with Gasteiger partial charge in [-0.15, -0.1) is 0 Å². The summed E-state index contributed by atoms with van der Waals surface area (Å²) >= 11 is 6.28. The summed E-state index contributed by atoms with van der Waals surface area (Å²) in [5.74, 6) is -0.977. The van der Waals surface area contributed by atoms with E-state index in [-0.39, 0.29) is 10.6 Å². The summed E-state index contributed by atoms with van der Waals surface area (Å²) in [6.45, 7) is 0. The van der Waals surface area contributed by atoms with E-state index in [4.69, 9.17) is 16.9 Å². The highest BCUT2D eigenvalue weighted by Gasteiger charge is 2.17. The summed E-state index contributed by atoms with van der Waals surface area (Å²) in [7, 11) is -3.89. The van der Waals surface area contributed by atoms with Crippen molar-refractivity contribution in [2.45, 2.75) is 4.90 Å². The van der Waals surface area contributed by atoms with Crippen LogP contribution in [0.15, 0.2) is 29.2 Å². The van der Waals surface area contributed by atoms with Crippen LogP contribution in [0.1, 0.15) is 0 Å². The third kappa shape index (κ3) is 4.26. The van der Waals surface area contributed by atoms with Gasteiger partial charge in [0.05, 0.1) is 10.6 Å². The Morgan fingerprint density at radius 3 is 2.53 bits per heavy atom. The Balaban J connectivity index is 2.79. The number of sulfonamides is 1. The van der Waals surface area contributed by atoms with Gasteiger partial charge in [0, 0.05) is 5.02 Å². The van der Waals surface area contributed by atoms with E-state index in [1.807, 2.05) is 4.72 Å². The van der Waals surface area contributed by atoms with E-state index >= 15 is 0 Å². The fourth-order valence-electron chi connectivity index (χ4n) is 0.950. The molecule has 8 heteroatoms. The Morgan fingerprint density at radius 1 is 1.41 bits per heavy atom.